The SMILES string of the molecule is Fc1cc(OC(F)(F)F)ccc1C1CCCCN1. The maximum atomic E-state index is 13.7. The molecule has 0 spiro atoms. The van der Waals surface area contributed by atoms with E-state index in [1.54, 1.807) is 0 Å². The van der Waals surface area contributed by atoms with Gasteiger partial charge in [-0.3, -0.25) is 0 Å². The lowest BCUT2D eigenvalue weighted by Crippen LogP contribution is -2.27. The Hall–Kier alpha value is -1.30. The first-order chi connectivity index (χ1) is 8.46. The monoisotopic (exact) mass is 263 g/mol. The molecule has 0 bridgehead atoms. The molecule has 0 aliphatic carbocycles. The van der Waals surface area contributed by atoms with Crippen LogP contribution in [0.2, 0.25) is 0 Å². The Morgan fingerprint density at radius 2 is 2.00 bits per heavy atom. The number of benzene rings is 1. The fourth-order valence-electron chi connectivity index (χ4n) is 2.10. The molecule has 2 nitrogen and oxygen atoms in total. The van der Waals surface area contributed by atoms with E-state index in [1.165, 1.54) is 6.07 Å². The molecule has 1 unspecified atom stereocenters. The number of piperidine rings is 1. The van der Waals surface area contributed by atoms with Crippen LogP contribution in [0.4, 0.5) is 17.6 Å². The van der Waals surface area contributed by atoms with Gasteiger partial charge in [-0.15, -0.1) is 13.2 Å². The van der Waals surface area contributed by atoms with Gasteiger partial charge in [-0.1, -0.05) is 12.5 Å². The van der Waals surface area contributed by atoms with Crippen molar-refractivity contribution in [1.29, 1.82) is 0 Å². The average Bonchev–Trinajstić information content (AvgIpc) is 2.28. The zero-order chi connectivity index (χ0) is 13.2. The Bertz CT molecular complexity index is 413. The number of hydrogen-bond donors (Lipinski definition) is 1. The fourth-order valence-corrected chi connectivity index (χ4v) is 2.10. The van der Waals surface area contributed by atoms with Crippen LogP contribution in [-0.4, -0.2) is 12.9 Å². The Morgan fingerprint density at radius 3 is 2.56 bits per heavy atom. The Labute approximate surface area is 102 Å². The highest BCUT2D eigenvalue weighted by Gasteiger charge is 2.31. The van der Waals surface area contributed by atoms with Crippen molar-refractivity contribution in [1.82, 2.24) is 5.32 Å². The molecule has 6 heteroatoms. The van der Waals surface area contributed by atoms with E-state index >= 15 is 0 Å². The van der Waals surface area contributed by atoms with Crippen LogP contribution in [0.3, 0.4) is 0 Å². The molecule has 1 fully saturated rings. The second-order valence-electron chi connectivity index (χ2n) is 4.23. The Kier molecular flexibility index (Phi) is 3.75. The third-order valence-electron chi connectivity index (χ3n) is 2.89. The smallest absolute Gasteiger partial charge is 0.406 e. The van der Waals surface area contributed by atoms with Crippen LogP contribution in [0, 0.1) is 5.82 Å². The van der Waals surface area contributed by atoms with E-state index in [2.05, 4.69) is 10.1 Å². The molecule has 18 heavy (non-hydrogen) atoms. The molecule has 0 radical (unpaired) electrons. The molecule has 100 valence electrons. The van der Waals surface area contributed by atoms with E-state index in [1.807, 2.05) is 0 Å². The standard InChI is InChI=1S/C12H13F4NO/c13-10-7-8(18-12(14,15)16)4-5-9(10)11-3-1-2-6-17-11/h4-5,7,11,17H,1-3,6H2. The zero-order valence-electron chi connectivity index (χ0n) is 9.56. The lowest BCUT2D eigenvalue weighted by Gasteiger charge is -2.24. The number of halogens is 4. The summed E-state index contributed by atoms with van der Waals surface area (Å²) in [6.07, 6.45) is -1.99. The number of alkyl halides is 3. The first-order valence-corrected chi connectivity index (χ1v) is 5.74. The minimum Gasteiger partial charge on any atom is -0.406 e. The van der Waals surface area contributed by atoms with Gasteiger partial charge in [0.15, 0.2) is 0 Å². The summed E-state index contributed by atoms with van der Waals surface area (Å²) < 4.78 is 53.3. The molecule has 1 aromatic rings. The summed E-state index contributed by atoms with van der Waals surface area (Å²) in [5.74, 6) is -1.20. The van der Waals surface area contributed by atoms with Gasteiger partial charge in [-0.2, -0.15) is 0 Å². The van der Waals surface area contributed by atoms with Crippen molar-refractivity contribution < 1.29 is 22.3 Å². The lowest BCUT2D eigenvalue weighted by atomic mass is 9.97. The number of ether oxygens (including phenoxy) is 1. The summed E-state index contributed by atoms with van der Waals surface area (Å²) in [6.45, 7) is 0.797. The van der Waals surface area contributed by atoms with Gasteiger partial charge in [-0.05, 0) is 25.5 Å². The van der Waals surface area contributed by atoms with Crippen molar-refractivity contribution in [3.63, 3.8) is 0 Å². The summed E-state index contributed by atoms with van der Waals surface area (Å²) >= 11 is 0. The first kappa shape index (κ1) is 13.1. The van der Waals surface area contributed by atoms with Crippen LogP contribution in [0.15, 0.2) is 18.2 Å². The van der Waals surface area contributed by atoms with Gasteiger partial charge < -0.3 is 10.1 Å². The van der Waals surface area contributed by atoms with E-state index in [0.29, 0.717) is 5.56 Å². The van der Waals surface area contributed by atoms with Gasteiger partial charge in [-0.25, -0.2) is 4.39 Å². The Balaban J connectivity index is 2.14. The lowest BCUT2D eigenvalue weighted by molar-refractivity contribution is -0.274. The van der Waals surface area contributed by atoms with Crippen molar-refractivity contribution in [2.45, 2.75) is 31.7 Å². The molecule has 0 saturated carbocycles. The first-order valence-electron chi connectivity index (χ1n) is 5.74. The van der Waals surface area contributed by atoms with Crippen LogP contribution in [0.25, 0.3) is 0 Å². The molecule has 1 atom stereocenters. The normalized spacial score (nSPS) is 20.8. The van der Waals surface area contributed by atoms with Crippen molar-refractivity contribution in [2.75, 3.05) is 6.54 Å². The highest BCUT2D eigenvalue weighted by Crippen LogP contribution is 2.29. The van der Waals surface area contributed by atoms with Gasteiger partial charge in [0.2, 0.25) is 0 Å². The third kappa shape index (κ3) is 3.35. The highest BCUT2D eigenvalue weighted by atomic mass is 19.4. The molecular weight excluding hydrogens is 250 g/mol. The second kappa shape index (κ2) is 5.14. The topological polar surface area (TPSA) is 21.3 Å². The zero-order valence-corrected chi connectivity index (χ0v) is 9.56. The minimum atomic E-state index is -4.79. The third-order valence-corrected chi connectivity index (χ3v) is 2.89. The summed E-state index contributed by atoms with van der Waals surface area (Å²) in [5, 5.41) is 3.14. The second-order valence-corrected chi connectivity index (χ2v) is 4.23. The van der Waals surface area contributed by atoms with E-state index in [-0.39, 0.29) is 6.04 Å². The molecule has 0 aromatic heterocycles. The van der Waals surface area contributed by atoms with Gasteiger partial charge in [0.05, 0.1) is 0 Å². The van der Waals surface area contributed by atoms with Gasteiger partial charge in [0.25, 0.3) is 0 Å². The van der Waals surface area contributed by atoms with Crippen molar-refractivity contribution >= 4 is 0 Å². The van der Waals surface area contributed by atoms with Crippen molar-refractivity contribution in [3.05, 3.63) is 29.6 Å². The largest absolute Gasteiger partial charge is 0.573 e. The van der Waals surface area contributed by atoms with E-state index in [9.17, 15) is 17.6 Å². The molecule has 0 amide bonds. The fraction of sp³-hybridized carbons (Fsp3) is 0.500. The maximum Gasteiger partial charge on any atom is 0.573 e. The molecule has 1 N–H and O–H groups in total. The van der Waals surface area contributed by atoms with Crippen LogP contribution >= 0.6 is 0 Å². The highest BCUT2D eigenvalue weighted by molar-refractivity contribution is 5.31. The number of rotatable bonds is 2. The molecule has 1 heterocycles. The predicted octanol–water partition coefficient (Wildman–Crippen LogP) is 3.54. The molecule has 1 aliphatic heterocycles. The molecule has 1 saturated heterocycles. The average molecular weight is 263 g/mol. The molecule has 1 aliphatic rings. The minimum absolute atomic E-state index is 0.126. The number of hydrogen-bond acceptors (Lipinski definition) is 2. The summed E-state index contributed by atoms with van der Waals surface area (Å²) in [7, 11) is 0. The van der Waals surface area contributed by atoms with Crippen LogP contribution in [-0.2, 0) is 0 Å². The number of nitrogens with one attached hydrogen (secondary N) is 1. The molecule has 1 aromatic carbocycles. The van der Waals surface area contributed by atoms with Crippen LogP contribution in [0.5, 0.6) is 5.75 Å². The van der Waals surface area contributed by atoms with E-state index in [4.69, 9.17) is 0 Å². The van der Waals surface area contributed by atoms with Gasteiger partial charge >= 0.3 is 6.36 Å². The van der Waals surface area contributed by atoms with Gasteiger partial charge in [0, 0.05) is 17.7 Å². The molecular formula is C12H13F4NO. The quantitative estimate of drug-likeness (QED) is 0.824. The van der Waals surface area contributed by atoms with E-state index in [0.717, 1.165) is 37.9 Å². The summed E-state index contributed by atoms with van der Waals surface area (Å²) in [5.41, 5.74) is 0.393. The maximum absolute atomic E-state index is 13.7. The van der Waals surface area contributed by atoms with Crippen LogP contribution < -0.4 is 10.1 Å². The van der Waals surface area contributed by atoms with Crippen molar-refractivity contribution in [2.24, 2.45) is 0 Å². The molecule has 2 rings (SSSR count). The van der Waals surface area contributed by atoms with E-state index < -0.39 is 17.9 Å². The summed E-state index contributed by atoms with van der Waals surface area (Å²) in [6, 6.07) is 3.14. The Morgan fingerprint density at radius 1 is 1.22 bits per heavy atom. The van der Waals surface area contributed by atoms with Crippen molar-refractivity contribution in [3.8, 4) is 5.75 Å². The predicted molar refractivity (Wildman–Crippen MR) is 57.7 cm³/mol. The summed E-state index contributed by atoms with van der Waals surface area (Å²) in [4.78, 5) is 0. The van der Waals surface area contributed by atoms with Gasteiger partial charge in [0.1, 0.15) is 11.6 Å². The van der Waals surface area contributed by atoms with Crippen LogP contribution in [0.1, 0.15) is 30.9 Å².